The molecular formula is C7H9BN3. The van der Waals surface area contributed by atoms with Crippen molar-refractivity contribution in [2.24, 2.45) is 0 Å². The molecule has 0 atom stereocenters. The number of hydrogen-bond donors (Lipinski definition) is 0. The minimum Gasteiger partial charge on any atom is -0.366 e. The van der Waals surface area contributed by atoms with Crippen LogP contribution in [0.15, 0.2) is 6.20 Å². The molecule has 0 aliphatic rings. The molecular weight excluding hydrogens is 137 g/mol. The predicted molar refractivity (Wildman–Crippen MR) is 43.1 cm³/mol. The molecule has 1 aromatic heterocycles. The van der Waals surface area contributed by atoms with Crippen molar-refractivity contribution >= 4 is 7.41 Å². The molecule has 4 heteroatoms. The van der Waals surface area contributed by atoms with E-state index in [1.807, 2.05) is 19.8 Å². The number of hydrogen-bond acceptors (Lipinski definition) is 2. The van der Waals surface area contributed by atoms with Crippen LogP contribution in [0.4, 0.5) is 0 Å². The highest BCUT2D eigenvalue weighted by molar-refractivity contribution is 6.43. The van der Waals surface area contributed by atoms with Crippen LogP contribution < -0.4 is 0 Å². The van der Waals surface area contributed by atoms with E-state index in [-0.39, 0.29) is 0 Å². The molecule has 0 aliphatic carbocycles. The van der Waals surface area contributed by atoms with Gasteiger partial charge in [-0.3, -0.25) is 0 Å². The molecule has 1 rings (SSSR count). The predicted octanol–water partition coefficient (Wildman–Crippen LogP) is 0.702. The number of aryl methyl sites for hydroxylation is 2. The van der Waals surface area contributed by atoms with Crippen LogP contribution in [0, 0.1) is 18.2 Å². The maximum Gasteiger partial charge on any atom is 0.392 e. The van der Waals surface area contributed by atoms with Gasteiger partial charge >= 0.3 is 7.41 Å². The minimum atomic E-state index is 0.853. The van der Waals surface area contributed by atoms with Gasteiger partial charge in [-0.05, 0) is 6.92 Å². The highest BCUT2D eigenvalue weighted by atomic mass is 15.0. The van der Waals surface area contributed by atoms with Crippen LogP contribution in [-0.4, -0.2) is 16.9 Å². The Hall–Kier alpha value is -1.24. The highest BCUT2D eigenvalue weighted by Crippen LogP contribution is 2.01. The highest BCUT2D eigenvalue weighted by Gasteiger charge is 2.04. The van der Waals surface area contributed by atoms with Crippen molar-refractivity contribution in [3.63, 3.8) is 0 Å². The van der Waals surface area contributed by atoms with Crippen molar-refractivity contribution in [3.05, 3.63) is 17.7 Å². The maximum atomic E-state index is 8.43. The van der Waals surface area contributed by atoms with Crippen molar-refractivity contribution in [2.75, 3.05) is 0 Å². The molecule has 1 aromatic rings. The SMILES string of the molecule is CCc1ncc(C)n1[B]C#N. The molecule has 0 bridgehead atoms. The van der Waals surface area contributed by atoms with Crippen LogP contribution in [-0.2, 0) is 6.42 Å². The van der Waals surface area contributed by atoms with Crippen molar-refractivity contribution < 1.29 is 0 Å². The van der Waals surface area contributed by atoms with Crippen LogP contribution >= 0.6 is 0 Å². The van der Waals surface area contributed by atoms with Gasteiger partial charge in [-0.25, -0.2) is 10.2 Å². The summed E-state index contributed by atoms with van der Waals surface area (Å²) in [6.45, 7) is 3.95. The molecule has 0 amide bonds. The first-order valence-electron chi connectivity index (χ1n) is 3.55. The summed E-state index contributed by atoms with van der Waals surface area (Å²) in [5, 5.41) is 8.43. The number of nitriles is 1. The average molecular weight is 146 g/mol. The molecule has 1 radical (unpaired) electrons. The van der Waals surface area contributed by atoms with Gasteiger partial charge in [0, 0.05) is 24.3 Å². The van der Waals surface area contributed by atoms with Gasteiger partial charge in [0.25, 0.3) is 0 Å². The lowest BCUT2D eigenvalue weighted by Gasteiger charge is -2.00. The summed E-state index contributed by atoms with van der Waals surface area (Å²) in [6, 6.07) is 0. The summed E-state index contributed by atoms with van der Waals surface area (Å²) in [6.07, 6.45) is 2.62. The molecule has 3 nitrogen and oxygen atoms in total. The van der Waals surface area contributed by atoms with Gasteiger partial charge in [0.1, 0.15) is 0 Å². The van der Waals surface area contributed by atoms with Crippen LogP contribution in [0.3, 0.4) is 0 Å². The number of aromatic nitrogens is 2. The summed E-state index contributed by atoms with van der Waals surface area (Å²) in [7, 11) is 1.47. The fourth-order valence-corrected chi connectivity index (χ4v) is 0.992. The summed E-state index contributed by atoms with van der Waals surface area (Å²) >= 11 is 0. The van der Waals surface area contributed by atoms with E-state index >= 15 is 0 Å². The molecule has 0 aliphatic heterocycles. The second-order valence-corrected chi connectivity index (χ2v) is 2.30. The molecule has 0 aromatic carbocycles. The Morgan fingerprint density at radius 3 is 3.09 bits per heavy atom. The van der Waals surface area contributed by atoms with E-state index in [1.165, 1.54) is 7.41 Å². The molecule has 0 spiro atoms. The summed E-state index contributed by atoms with van der Waals surface area (Å²) in [4.78, 5) is 4.13. The zero-order chi connectivity index (χ0) is 8.27. The van der Waals surface area contributed by atoms with Gasteiger partial charge in [0.15, 0.2) is 0 Å². The van der Waals surface area contributed by atoms with E-state index < -0.39 is 0 Å². The van der Waals surface area contributed by atoms with Crippen LogP contribution in [0.1, 0.15) is 18.4 Å². The fourth-order valence-electron chi connectivity index (χ4n) is 0.992. The van der Waals surface area contributed by atoms with Gasteiger partial charge < -0.3 is 4.48 Å². The Labute approximate surface area is 66.9 Å². The second kappa shape index (κ2) is 3.24. The lowest BCUT2D eigenvalue weighted by Crippen LogP contribution is -2.09. The van der Waals surface area contributed by atoms with Gasteiger partial charge in [0.2, 0.25) is 0 Å². The zero-order valence-electron chi connectivity index (χ0n) is 6.70. The molecule has 1 heterocycles. The normalized spacial score (nSPS) is 9.18. The van der Waals surface area contributed by atoms with Gasteiger partial charge in [-0.1, -0.05) is 6.92 Å². The molecule has 55 valence electrons. The third kappa shape index (κ3) is 1.43. The van der Waals surface area contributed by atoms with E-state index in [1.54, 1.807) is 10.7 Å². The van der Waals surface area contributed by atoms with Gasteiger partial charge in [0.05, 0.1) is 5.82 Å². The van der Waals surface area contributed by atoms with Crippen molar-refractivity contribution in [3.8, 4) is 5.97 Å². The van der Waals surface area contributed by atoms with Crippen molar-refractivity contribution in [1.82, 2.24) is 9.46 Å². The first kappa shape index (κ1) is 7.87. The lowest BCUT2D eigenvalue weighted by molar-refractivity contribution is 0.933. The molecule has 11 heavy (non-hydrogen) atoms. The smallest absolute Gasteiger partial charge is 0.366 e. The standard InChI is InChI=1S/C7H9BN3/c1-3-7-10-4-6(2)11(7)8-5-9/h4H,3H2,1-2H3. The van der Waals surface area contributed by atoms with Gasteiger partial charge in [-0.2, -0.15) is 0 Å². The van der Waals surface area contributed by atoms with Crippen LogP contribution in [0.25, 0.3) is 0 Å². The molecule has 0 unspecified atom stereocenters. The largest absolute Gasteiger partial charge is 0.392 e. The Bertz CT molecular complexity index is 284. The first-order valence-corrected chi connectivity index (χ1v) is 3.55. The van der Waals surface area contributed by atoms with E-state index in [0.29, 0.717) is 0 Å². The quantitative estimate of drug-likeness (QED) is 0.576. The molecule has 0 fully saturated rings. The molecule has 0 saturated heterocycles. The molecule has 0 N–H and O–H groups in total. The summed E-state index contributed by atoms with van der Waals surface area (Å²) in [5.41, 5.74) is 1.00. The summed E-state index contributed by atoms with van der Waals surface area (Å²) in [5.74, 6) is 2.92. The fraction of sp³-hybridized carbons (Fsp3) is 0.429. The Balaban J connectivity index is 2.99. The Morgan fingerprint density at radius 2 is 2.55 bits per heavy atom. The van der Waals surface area contributed by atoms with Crippen molar-refractivity contribution in [2.45, 2.75) is 20.3 Å². The van der Waals surface area contributed by atoms with Gasteiger partial charge in [-0.15, -0.1) is 0 Å². The monoisotopic (exact) mass is 146 g/mol. The first-order chi connectivity index (χ1) is 5.29. The number of imidazole rings is 1. The third-order valence-corrected chi connectivity index (χ3v) is 1.56. The minimum absolute atomic E-state index is 0.853. The second-order valence-electron chi connectivity index (χ2n) is 2.30. The Kier molecular flexibility index (Phi) is 2.32. The third-order valence-electron chi connectivity index (χ3n) is 1.56. The topological polar surface area (TPSA) is 41.6 Å². The van der Waals surface area contributed by atoms with E-state index in [4.69, 9.17) is 5.26 Å². The van der Waals surface area contributed by atoms with Crippen molar-refractivity contribution in [1.29, 1.82) is 5.26 Å². The molecule has 0 saturated carbocycles. The van der Waals surface area contributed by atoms with E-state index in [2.05, 4.69) is 4.98 Å². The number of nitrogens with zero attached hydrogens (tertiary/aromatic N) is 3. The Morgan fingerprint density at radius 1 is 1.82 bits per heavy atom. The van der Waals surface area contributed by atoms with E-state index in [0.717, 1.165) is 17.9 Å². The average Bonchev–Trinajstić information content (AvgIpc) is 2.34. The summed E-state index contributed by atoms with van der Waals surface area (Å²) < 4.78 is 1.81. The van der Waals surface area contributed by atoms with Crippen LogP contribution in [0.2, 0.25) is 0 Å². The zero-order valence-corrected chi connectivity index (χ0v) is 6.70. The number of rotatable bonds is 2. The lowest BCUT2D eigenvalue weighted by atomic mass is 9.97. The van der Waals surface area contributed by atoms with E-state index in [9.17, 15) is 0 Å². The van der Waals surface area contributed by atoms with Crippen LogP contribution in [0.5, 0.6) is 0 Å². The maximum absolute atomic E-state index is 8.43.